The summed E-state index contributed by atoms with van der Waals surface area (Å²) in [7, 11) is 0. The van der Waals surface area contributed by atoms with E-state index in [1.54, 1.807) is 36.0 Å². The summed E-state index contributed by atoms with van der Waals surface area (Å²) in [6, 6.07) is 28.8. The van der Waals surface area contributed by atoms with E-state index in [4.69, 9.17) is 21.6 Å². The number of anilines is 1. The Morgan fingerprint density at radius 3 is 2.50 bits per heavy atom. The average Bonchev–Trinajstić information content (AvgIpc) is 2.90. The number of carbonyl (C=O) groups excluding carboxylic acids is 1. The molecule has 0 unspecified atom stereocenters. The molecule has 0 saturated heterocycles. The van der Waals surface area contributed by atoms with Crippen LogP contribution in [0.3, 0.4) is 0 Å². The normalized spacial score (nSPS) is 10.5. The molecule has 0 heterocycles. The molecule has 0 bridgehead atoms. The summed E-state index contributed by atoms with van der Waals surface area (Å²) in [5.41, 5.74) is 3.77. The first-order chi connectivity index (χ1) is 17.5. The molecule has 0 spiro atoms. The van der Waals surface area contributed by atoms with E-state index >= 15 is 0 Å². The standard InChI is InChI=1S/C29H22ClFN2O2S/c30-27-13-9-24(31)14-23(27)15-29(34)33-25-10-8-22(18-35-26-11-6-20(17-32)7-12-26)28(16-25)36-19-21-4-2-1-3-5-21/h1-14,16H,15,18-19H2,(H,33,34). The molecule has 180 valence electrons. The predicted molar refractivity (Wildman–Crippen MR) is 142 cm³/mol. The van der Waals surface area contributed by atoms with Gasteiger partial charge in [-0.25, -0.2) is 4.39 Å². The van der Waals surface area contributed by atoms with E-state index in [2.05, 4.69) is 23.5 Å². The van der Waals surface area contributed by atoms with Gasteiger partial charge in [-0.1, -0.05) is 48.0 Å². The summed E-state index contributed by atoms with van der Waals surface area (Å²) < 4.78 is 19.5. The van der Waals surface area contributed by atoms with Gasteiger partial charge < -0.3 is 10.1 Å². The minimum absolute atomic E-state index is 0.0351. The van der Waals surface area contributed by atoms with E-state index in [9.17, 15) is 9.18 Å². The lowest BCUT2D eigenvalue weighted by Gasteiger charge is -2.14. The smallest absolute Gasteiger partial charge is 0.228 e. The lowest BCUT2D eigenvalue weighted by molar-refractivity contribution is -0.115. The molecule has 7 heteroatoms. The van der Waals surface area contributed by atoms with Crippen LogP contribution in [-0.4, -0.2) is 5.91 Å². The molecule has 36 heavy (non-hydrogen) atoms. The first kappa shape index (κ1) is 25.3. The van der Waals surface area contributed by atoms with Gasteiger partial charge in [0.05, 0.1) is 18.1 Å². The van der Waals surface area contributed by atoms with Gasteiger partial charge in [0.1, 0.15) is 18.2 Å². The Balaban J connectivity index is 1.49. The van der Waals surface area contributed by atoms with E-state index in [-0.39, 0.29) is 12.3 Å². The summed E-state index contributed by atoms with van der Waals surface area (Å²) in [5.74, 6) is 0.690. The molecule has 0 aliphatic carbocycles. The van der Waals surface area contributed by atoms with Crippen LogP contribution in [0.25, 0.3) is 0 Å². The zero-order valence-corrected chi connectivity index (χ0v) is 20.8. The van der Waals surface area contributed by atoms with Gasteiger partial charge in [0.25, 0.3) is 0 Å². The fraction of sp³-hybridized carbons (Fsp3) is 0.103. The van der Waals surface area contributed by atoms with Crippen LogP contribution in [0.4, 0.5) is 10.1 Å². The monoisotopic (exact) mass is 516 g/mol. The van der Waals surface area contributed by atoms with Crippen molar-refractivity contribution in [1.29, 1.82) is 5.26 Å². The van der Waals surface area contributed by atoms with Gasteiger partial charge in [-0.15, -0.1) is 11.8 Å². The van der Waals surface area contributed by atoms with Gasteiger partial charge in [-0.2, -0.15) is 5.26 Å². The maximum atomic E-state index is 13.6. The van der Waals surface area contributed by atoms with Crippen LogP contribution >= 0.6 is 23.4 Å². The number of thioether (sulfide) groups is 1. The number of nitrogens with one attached hydrogen (secondary N) is 1. The maximum Gasteiger partial charge on any atom is 0.228 e. The molecule has 0 aliphatic heterocycles. The maximum absolute atomic E-state index is 13.6. The Hall–Kier alpha value is -3.79. The van der Waals surface area contributed by atoms with Crippen LogP contribution in [0.2, 0.25) is 5.02 Å². The quantitative estimate of drug-likeness (QED) is 0.235. The number of halogens is 2. The second-order valence-corrected chi connectivity index (χ2v) is 9.41. The first-order valence-electron chi connectivity index (χ1n) is 11.2. The van der Waals surface area contributed by atoms with Crippen molar-refractivity contribution in [2.45, 2.75) is 23.7 Å². The SMILES string of the molecule is N#Cc1ccc(OCc2ccc(NC(=O)Cc3cc(F)ccc3Cl)cc2SCc2ccccc2)cc1. The van der Waals surface area contributed by atoms with E-state index in [0.29, 0.717) is 34.2 Å². The average molecular weight is 517 g/mol. The highest BCUT2D eigenvalue weighted by molar-refractivity contribution is 7.98. The molecular formula is C29H22ClFN2O2S. The van der Waals surface area contributed by atoms with Crippen molar-refractivity contribution < 1.29 is 13.9 Å². The third kappa shape index (κ3) is 7.11. The van der Waals surface area contributed by atoms with Crippen molar-refractivity contribution in [3.8, 4) is 11.8 Å². The summed E-state index contributed by atoms with van der Waals surface area (Å²) >= 11 is 7.76. The van der Waals surface area contributed by atoms with Crippen molar-refractivity contribution in [1.82, 2.24) is 0 Å². The molecule has 0 aromatic heterocycles. The van der Waals surface area contributed by atoms with E-state index in [1.165, 1.54) is 23.8 Å². The molecule has 0 saturated carbocycles. The van der Waals surface area contributed by atoms with Crippen molar-refractivity contribution in [2.75, 3.05) is 5.32 Å². The molecule has 0 atom stereocenters. The van der Waals surface area contributed by atoms with Gasteiger partial charge in [0, 0.05) is 26.9 Å². The summed E-state index contributed by atoms with van der Waals surface area (Å²) in [5, 5.41) is 12.2. The molecule has 4 nitrogen and oxygen atoms in total. The Bertz CT molecular complexity index is 1390. The van der Waals surface area contributed by atoms with Gasteiger partial charge >= 0.3 is 0 Å². The minimum Gasteiger partial charge on any atom is -0.489 e. The Kier molecular flexibility index (Phi) is 8.62. The molecule has 4 aromatic carbocycles. The second-order valence-electron chi connectivity index (χ2n) is 7.98. The highest BCUT2D eigenvalue weighted by Gasteiger charge is 2.12. The molecule has 1 N–H and O–H groups in total. The summed E-state index contributed by atoms with van der Waals surface area (Å²) in [6.45, 7) is 0.330. The Labute approximate surface area is 218 Å². The van der Waals surface area contributed by atoms with Crippen LogP contribution < -0.4 is 10.1 Å². The van der Waals surface area contributed by atoms with Gasteiger partial charge in [-0.05, 0) is 65.7 Å². The van der Waals surface area contributed by atoms with Gasteiger partial charge in [-0.3, -0.25) is 4.79 Å². The topological polar surface area (TPSA) is 62.1 Å². The molecule has 0 aliphatic rings. The Morgan fingerprint density at radius 2 is 1.75 bits per heavy atom. The summed E-state index contributed by atoms with van der Waals surface area (Å²) in [6.07, 6.45) is -0.0351. The predicted octanol–water partition coefficient (Wildman–Crippen LogP) is 7.40. The molecule has 0 radical (unpaired) electrons. The number of amides is 1. The lowest BCUT2D eigenvalue weighted by atomic mass is 10.1. The number of rotatable bonds is 9. The van der Waals surface area contributed by atoms with Crippen LogP contribution in [-0.2, 0) is 23.6 Å². The fourth-order valence-electron chi connectivity index (χ4n) is 3.46. The highest BCUT2D eigenvalue weighted by atomic mass is 35.5. The fourth-order valence-corrected chi connectivity index (χ4v) is 4.69. The van der Waals surface area contributed by atoms with Gasteiger partial charge in [0.15, 0.2) is 0 Å². The van der Waals surface area contributed by atoms with Gasteiger partial charge in [0.2, 0.25) is 5.91 Å². The number of carbonyl (C=O) groups is 1. The molecule has 4 aromatic rings. The Morgan fingerprint density at radius 1 is 0.972 bits per heavy atom. The summed E-state index contributed by atoms with van der Waals surface area (Å²) in [4.78, 5) is 13.6. The first-order valence-corrected chi connectivity index (χ1v) is 12.5. The van der Waals surface area contributed by atoms with Crippen molar-refractivity contribution in [3.63, 3.8) is 0 Å². The molecular weight excluding hydrogens is 495 g/mol. The molecule has 0 fully saturated rings. The largest absolute Gasteiger partial charge is 0.489 e. The number of nitrogens with zero attached hydrogens (tertiary/aromatic N) is 1. The molecule has 1 amide bonds. The zero-order chi connectivity index (χ0) is 25.3. The van der Waals surface area contributed by atoms with Crippen molar-refractivity contribution in [3.05, 3.63) is 124 Å². The number of benzene rings is 4. The second kappa shape index (κ2) is 12.3. The number of nitriles is 1. The number of hydrogen-bond acceptors (Lipinski definition) is 4. The van der Waals surface area contributed by atoms with E-state index in [0.717, 1.165) is 16.2 Å². The third-order valence-corrected chi connectivity index (χ3v) is 6.86. The van der Waals surface area contributed by atoms with Crippen molar-refractivity contribution >= 4 is 35.0 Å². The van der Waals surface area contributed by atoms with E-state index in [1.807, 2.05) is 36.4 Å². The number of ether oxygens (including phenoxy) is 1. The molecule has 4 rings (SSSR count). The minimum atomic E-state index is -0.437. The van der Waals surface area contributed by atoms with Crippen LogP contribution in [0.5, 0.6) is 5.75 Å². The highest BCUT2D eigenvalue weighted by Crippen LogP contribution is 2.30. The third-order valence-electron chi connectivity index (χ3n) is 5.32. The zero-order valence-electron chi connectivity index (χ0n) is 19.2. The lowest BCUT2D eigenvalue weighted by Crippen LogP contribution is -2.15. The number of hydrogen-bond donors (Lipinski definition) is 1. The van der Waals surface area contributed by atoms with Crippen LogP contribution in [0, 0.1) is 17.1 Å². The van der Waals surface area contributed by atoms with Crippen molar-refractivity contribution in [2.24, 2.45) is 0 Å². The van der Waals surface area contributed by atoms with E-state index < -0.39 is 5.82 Å². The van der Waals surface area contributed by atoms with Crippen LogP contribution in [0.15, 0.2) is 95.9 Å². The van der Waals surface area contributed by atoms with Crippen LogP contribution in [0.1, 0.15) is 22.3 Å².